The Balaban J connectivity index is 0.000000296. The van der Waals surface area contributed by atoms with Gasteiger partial charge in [0.05, 0.1) is 39.6 Å². The van der Waals surface area contributed by atoms with Crippen molar-refractivity contribution >= 4 is 24.5 Å². The summed E-state index contributed by atoms with van der Waals surface area (Å²) < 4.78 is 9.82. The number of hydrogen-bond donors (Lipinski definition) is 6. The molecule has 0 aromatic heterocycles. The molecule has 0 bridgehead atoms. The Hall–Kier alpha value is -4.57. The first-order chi connectivity index (χ1) is 18.8. The van der Waals surface area contributed by atoms with E-state index in [9.17, 15) is 15.0 Å². The number of hydrogen-bond acceptors (Lipinski definition) is 9. The van der Waals surface area contributed by atoms with Crippen molar-refractivity contribution in [3.8, 4) is 28.7 Å². The number of carbonyl (C=O) groups is 1. The first-order valence-corrected chi connectivity index (χ1v) is 11.7. The van der Waals surface area contributed by atoms with E-state index in [4.69, 9.17) is 29.9 Å². The predicted octanol–water partition coefficient (Wildman–Crippen LogP) is 4.02. The second-order valence-corrected chi connectivity index (χ2v) is 7.56. The average molecular weight is 539 g/mol. The Kier molecular flexibility index (Phi) is 15.5. The Morgan fingerprint density at radius 1 is 0.641 bits per heavy atom. The third kappa shape index (κ3) is 12.0. The molecule has 0 aliphatic rings. The molecule has 3 aromatic carbocycles. The van der Waals surface area contributed by atoms with Gasteiger partial charge in [-0.1, -0.05) is 54.7 Å². The number of methoxy groups -OCH3 is 2. The number of ether oxygens (including phenoxy) is 2. The Labute approximate surface area is 227 Å². The number of rotatable bonds is 9. The van der Waals surface area contributed by atoms with Crippen LogP contribution < -0.4 is 9.47 Å². The van der Waals surface area contributed by atoms with Crippen molar-refractivity contribution in [1.82, 2.24) is 0 Å². The van der Waals surface area contributed by atoms with Crippen LogP contribution >= 0.6 is 0 Å². The molecule has 39 heavy (non-hydrogen) atoms. The third-order valence-electron chi connectivity index (χ3n) is 4.82. The van der Waals surface area contributed by atoms with E-state index in [1.54, 1.807) is 78.9 Å². The lowest BCUT2D eigenvalue weighted by atomic mass is 10.1. The maximum absolute atomic E-state index is 10.6. The van der Waals surface area contributed by atoms with Crippen molar-refractivity contribution in [2.45, 2.75) is 0 Å². The average Bonchev–Trinajstić information content (AvgIpc) is 2.96. The van der Waals surface area contributed by atoms with E-state index in [1.807, 2.05) is 0 Å². The van der Waals surface area contributed by atoms with Gasteiger partial charge in [-0.05, 0) is 53.1 Å². The number of aliphatic hydroxyl groups is 3. The highest BCUT2D eigenvalue weighted by atomic mass is 16.5. The van der Waals surface area contributed by atoms with Gasteiger partial charge < -0.3 is 40.1 Å². The highest BCUT2D eigenvalue weighted by molar-refractivity contribution is 5.82. The monoisotopic (exact) mass is 538 g/mol. The molecule has 208 valence electrons. The Bertz CT molecular complexity index is 1230. The van der Waals surface area contributed by atoms with Crippen molar-refractivity contribution in [2.24, 2.45) is 0 Å². The quantitative estimate of drug-likeness (QED) is 0.221. The van der Waals surface area contributed by atoms with Gasteiger partial charge in [-0.25, -0.2) is 0 Å². The van der Waals surface area contributed by atoms with Gasteiger partial charge in [-0.3, -0.25) is 4.79 Å². The lowest BCUT2D eigenvalue weighted by Crippen LogP contribution is -1.90. The molecular weight excluding hydrogens is 504 g/mol. The number of benzene rings is 3. The minimum absolute atomic E-state index is 0.00317. The first-order valence-electron chi connectivity index (χ1n) is 11.7. The van der Waals surface area contributed by atoms with Gasteiger partial charge >= 0.3 is 0 Å². The molecule has 6 N–H and O–H groups in total. The minimum Gasteiger partial charge on any atom is -0.508 e. The fraction of sp³-hybridized carbons (Fsp3) is 0.167. The number of aliphatic hydroxyl groups excluding tert-OH is 3. The molecule has 0 fully saturated rings. The molecule has 0 saturated carbocycles. The van der Waals surface area contributed by atoms with Gasteiger partial charge in [0, 0.05) is 0 Å². The largest absolute Gasteiger partial charge is 0.508 e. The fourth-order valence-electron chi connectivity index (χ4n) is 2.94. The van der Waals surface area contributed by atoms with Crippen molar-refractivity contribution in [3.05, 3.63) is 95.1 Å². The van der Waals surface area contributed by atoms with Crippen LogP contribution in [0, 0.1) is 0 Å². The molecule has 3 rings (SSSR count). The van der Waals surface area contributed by atoms with Gasteiger partial charge in [0.15, 0.2) is 29.3 Å². The summed E-state index contributed by atoms with van der Waals surface area (Å²) in [6.07, 6.45) is 10.5. The smallest absolute Gasteiger partial charge is 0.168 e. The van der Waals surface area contributed by atoms with Gasteiger partial charge in [0.2, 0.25) is 0 Å². The van der Waals surface area contributed by atoms with Crippen LogP contribution in [0.1, 0.15) is 27.0 Å². The van der Waals surface area contributed by atoms with Crippen LogP contribution in [-0.4, -0.2) is 71.0 Å². The van der Waals surface area contributed by atoms with Crippen LogP contribution in [0.25, 0.3) is 18.2 Å². The van der Waals surface area contributed by atoms with E-state index < -0.39 is 0 Å². The van der Waals surface area contributed by atoms with Crippen LogP contribution in [0.4, 0.5) is 0 Å². The van der Waals surface area contributed by atoms with Crippen LogP contribution in [0.2, 0.25) is 0 Å². The molecule has 0 aliphatic carbocycles. The lowest BCUT2D eigenvalue weighted by molar-refractivity contribution is 0.112. The van der Waals surface area contributed by atoms with Crippen LogP contribution in [0.3, 0.4) is 0 Å². The Morgan fingerprint density at radius 2 is 1.13 bits per heavy atom. The molecule has 9 heteroatoms. The maximum atomic E-state index is 10.6. The summed E-state index contributed by atoms with van der Waals surface area (Å²) in [5.74, 6) is 0.862. The molecule has 0 aliphatic heterocycles. The van der Waals surface area contributed by atoms with Gasteiger partial charge in [0.1, 0.15) is 5.75 Å². The fourth-order valence-corrected chi connectivity index (χ4v) is 2.94. The normalized spacial score (nSPS) is 10.6. The summed E-state index contributed by atoms with van der Waals surface area (Å²) in [6.45, 7) is -0.0380. The lowest BCUT2D eigenvalue weighted by Gasteiger charge is -2.06. The van der Waals surface area contributed by atoms with Crippen molar-refractivity contribution in [2.75, 3.05) is 34.0 Å². The summed E-state index contributed by atoms with van der Waals surface area (Å²) in [5.41, 5.74) is 2.69. The number of aromatic hydroxyl groups is 3. The summed E-state index contributed by atoms with van der Waals surface area (Å²) in [6, 6.07) is 14.9. The van der Waals surface area contributed by atoms with Gasteiger partial charge in [0.25, 0.3) is 0 Å². The SMILES string of the molecule is COc1cc(C=CCO)cc(C=O)c1O.COc1cc(C=CCO)ccc1O.OCC=Cc1ccc(O)cc1. The summed E-state index contributed by atoms with van der Waals surface area (Å²) in [5, 5.41) is 53.3. The number of phenolic OH excluding ortho intramolecular Hbond substituents is 3. The van der Waals surface area contributed by atoms with Crippen LogP contribution in [0.5, 0.6) is 28.7 Å². The maximum Gasteiger partial charge on any atom is 0.168 e. The van der Waals surface area contributed by atoms with Crippen molar-refractivity contribution in [1.29, 1.82) is 0 Å². The van der Waals surface area contributed by atoms with Crippen LogP contribution in [0.15, 0.2) is 72.8 Å². The first kappa shape index (κ1) is 32.5. The van der Waals surface area contributed by atoms with Gasteiger partial charge in [-0.15, -0.1) is 0 Å². The molecule has 3 aromatic rings. The number of aldehydes is 1. The second-order valence-electron chi connectivity index (χ2n) is 7.56. The van der Waals surface area contributed by atoms with E-state index in [0.29, 0.717) is 17.6 Å². The molecule has 0 saturated heterocycles. The zero-order chi connectivity index (χ0) is 29.0. The number of phenols is 3. The molecule has 0 spiro atoms. The summed E-state index contributed by atoms with van der Waals surface area (Å²) in [7, 11) is 2.90. The molecule has 0 heterocycles. The van der Waals surface area contributed by atoms with E-state index in [-0.39, 0.29) is 48.4 Å². The number of carbonyl (C=O) groups excluding carboxylic acids is 1. The second kappa shape index (κ2) is 18.6. The van der Waals surface area contributed by atoms with Crippen LogP contribution in [-0.2, 0) is 0 Å². The molecule has 0 radical (unpaired) electrons. The molecule has 9 nitrogen and oxygen atoms in total. The van der Waals surface area contributed by atoms with Crippen molar-refractivity contribution < 1.29 is 44.9 Å². The predicted molar refractivity (Wildman–Crippen MR) is 151 cm³/mol. The topological polar surface area (TPSA) is 157 Å². The van der Waals surface area contributed by atoms with Gasteiger partial charge in [-0.2, -0.15) is 0 Å². The van der Waals surface area contributed by atoms with E-state index in [2.05, 4.69) is 0 Å². The zero-order valence-corrected chi connectivity index (χ0v) is 21.8. The molecule has 0 unspecified atom stereocenters. The Morgan fingerprint density at radius 3 is 1.64 bits per heavy atom. The standard InChI is InChI=1S/C11H12O4.C10H12O3.C9H10O2/c1-15-10-6-8(3-2-4-12)5-9(7-13)11(10)14;1-13-10-7-8(3-2-6-11)4-5-9(10)12;10-7-1-2-8-3-5-9(11)6-4-8/h2-3,5-7,12,14H,4H2,1H3;2-5,7,11-12H,6H2,1H3;1-6,10-11H,7H2. The zero-order valence-electron chi connectivity index (χ0n) is 21.8. The minimum atomic E-state index is -0.173. The highest BCUT2D eigenvalue weighted by Crippen LogP contribution is 2.30. The third-order valence-corrected chi connectivity index (χ3v) is 4.82. The van der Waals surface area contributed by atoms with E-state index in [0.717, 1.165) is 11.1 Å². The molecule has 0 amide bonds. The van der Waals surface area contributed by atoms with E-state index in [1.165, 1.54) is 26.4 Å². The summed E-state index contributed by atoms with van der Waals surface area (Å²) >= 11 is 0. The highest BCUT2D eigenvalue weighted by Gasteiger charge is 2.08. The van der Waals surface area contributed by atoms with Crippen molar-refractivity contribution in [3.63, 3.8) is 0 Å². The van der Waals surface area contributed by atoms with E-state index >= 15 is 0 Å². The summed E-state index contributed by atoms with van der Waals surface area (Å²) in [4.78, 5) is 10.6. The molecular formula is C30H34O9. The molecule has 0 atom stereocenters.